The van der Waals surface area contributed by atoms with Crippen molar-refractivity contribution in [1.29, 1.82) is 0 Å². The van der Waals surface area contributed by atoms with Crippen LogP contribution in [0.15, 0.2) is 76.0 Å². The van der Waals surface area contributed by atoms with Gasteiger partial charge < -0.3 is 0 Å². The first-order valence-corrected chi connectivity index (χ1v) is 6.12. The van der Waals surface area contributed by atoms with Crippen molar-refractivity contribution in [3.05, 3.63) is 60.7 Å². The SMILES string of the molecule is CC(=O)C(N=Nc1ccccc1)=NNc1ccccc1. The lowest BCUT2D eigenvalue weighted by molar-refractivity contribution is -0.111. The number of Topliss-reactive ketones (excluding diaryl/α,β-unsaturated/α-hetero) is 1. The summed E-state index contributed by atoms with van der Waals surface area (Å²) in [6.07, 6.45) is 0. The van der Waals surface area contributed by atoms with E-state index in [-0.39, 0.29) is 11.6 Å². The summed E-state index contributed by atoms with van der Waals surface area (Å²) in [7, 11) is 0. The van der Waals surface area contributed by atoms with Gasteiger partial charge in [-0.1, -0.05) is 36.4 Å². The molecule has 2 rings (SSSR count). The van der Waals surface area contributed by atoms with Gasteiger partial charge in [0.15, 0.2) is 0 Å². The van der Waals surface area contributed by atoms with Crippen LogP contribution in [0.4, 0.5) is 11.4 Å². The number of benzene rings is 2. The molecule has 100 valence electrons. The molecule has 0 amide bonds. The van der Waals surface area contributed by atoms with Crippen molar-refractivity contribution >= 4 is 23.0 Å². The van der Waals surface area contributed by atoms with Crippen molar-refractivity contribution in [2.24, 2.45) is 15.3 Å². The van der Waals surface area contributed by atoms with Crippen LogP contribution < -0.4 is 5.43 Å². The fraction of sp³-hybridized carbons (Fsp3) is 0.0667. The van der Waals surface area contributed by atoms with E-state index in [2.05, 4.69) is 20.8 Å². The van der Waals surface area contributed by atoms with Gasteiger partial charge in [-0.15, -0.1) is 15.3 Å². The van der Waals surface area contributed by atoms with Gasteiger partial charge in [0.2, 0.25) is 11.6 Å². The predicted octanol–water partition coefficient (Wildman–Crippen LogP) is 3.78. The highest BCUT2D eigenvalue weighted by Gasteiger charge is 2.04. The van der Waals surface area contributed by atoms with Crippen molar-refractivity contribution in [3.63, 3.8) is 0 Å². The normalized spacial score (nSPS) is 11.6. The van der Waals surface area contributed by atoms with Crippen LogP contribution >= 0.6 is 0 Å². The molecule has 0 saturated heterocycles. The Morgan fingerprint density at radius 1 is 0.950 bits per heavy atom. The van der Waals surface area contributed by atoms with Gasteiger partial charge in [-0.2, -0.15) is 0 Å². The van der Waals surface area contributed by atoms with Crippen LogP contribution in [0.5, 0.6) is 0 Å². The van der Waals surface area contributed by atoms with Gasteiger partial charge in [-0.25, -0.2) is 0 Å². The summed E-state index contributed by atoms with van der Waals surface area (Å²) < 4.78 is 0. The molecule has 0 unspecified atom stereocenters. The second-order valence-corrected chi connectivity index (χ2v) is 4.00. The fourth-order valence-electron chi connectivity index (χ4n) is 1.40. The Hall–Kier alpha value is -2.82. The standard InChI is InChI=1S/C15H14N4O/c1-12(20)15(18-16-13-8-4-2-5-9-13)19-17-14-10-6-3-7-11-14/h2-11,16H,1H3. The number of nitrogens with one attached hydrogen (secondary N) is 1. The number of ketones is 1. The molecule has 20 heavy (non-hydrogen) atoms. The number of anilines is 1. The number of rotatable bonds is 4. The molecule has 0 bridgehead atoms. The van der Waals surface area contributed by atoms with Gasteiger partial charge in [0.1, 0.15) is 0 Å². The number of nitrogens with zero attached hydrogens (tertiary/aromatic N) is 3. The van der Waals surface area contributed by atoms with Crippen LogP contribution in [0.2, 0.25) is 0 Å². The Kier molecular flexibility index (Phi) is 4.72. The summed E-state index contributed by atoms with van der Waals surface area (Å²) in [5.41, 5.74) is 4.22. The first-order chi connectivity index (χ1) is 9.75. The largest absolute Gasteiger partial charge is 0.291 e. The maximum absolute atomic E-state index is 11.5. The number of hydrogen-bond donors (Lipinski definition) is 1. The summed E-state index contributed by atoms with van der Waals surface area (Å²) in [6, 6.07) is 18.5. The molecular formula is C15H14N4O. The summed E-state index contributed by atoms with van der Waals surface area (Å²) >= 11 is 0. The first kappa shape index (κ1) is 13.6. The highest BCUT2D eigenvalue weighted by molar-refractivity contribution is 6.38. The maximum Gasteiger partial charge on any atom is 0.236 e. The Morgan fingerprint density at radius 3 is 2.15 bits per heavy atom. The van der Waals surface area contributed by atoms with Crippen molar-refractivity contribution in [1.82, 2.24) is 0 Å². The Morgan fingerprint density at radius 2 is 1.55 bits per heavy atom. The topological polar surface area (TPSA) is 66.2 Å². The molecule has 0 aromatic heterocycles. The smallest absolute Gasteiger partial charge is 0.236 e. The highest BCUT2D eigenvalue weighted by Crippen LogP contribution is 2.10. The molecule has 0 atom stereocenters. The van der Waals surface area contributed by atoms with E-state index in [1.54, 1.807) is 12.1 Å². The Labute approximate surface area is 117 Å². The molecule has 0 aliphatic rings. The van der Waals surface area contributed by atoms with E-state index < -0.39 is 0 Å². The molecule has 2 aromatic carbocycles. The Balaban J connectivity index is 2.11. The number of carbonyl (C=O) groups excluding carboxylic acids is 1. The van der Waals surface area contributed by atoms with Crippen LogP contribution in [0.3, 0.4) is 0 Å². The molecule has 5 heteroatoms. The molecule has 0 aliphatic heterocycles. The summed E-state index contributed by atoms with van der Waals surface area (Å²) in [6.45, 7) is 1.40. The van der Waals surface area contributed by atoms with Crippen LogP contribution in [0.1, 0.15) is 6.92 Å². The number of hydrazone groups is 1. The number of amidine groups is 1. The molecule has 2 aromatic rings. The van der Waals surface area contributed by atoms with E-state index in [0.717, 1.165) is 5.69 Å². The third-order valence-corrected chi connectivity index (χ3v) is 2.40. The van der Waals surface area contributed by atoms with Crippen LogP contribution in [-0.4, -0.2) is 11.6 Å². The zero-order valence-corrected chi connectivity index (χ0v) is 11.0. The predicted molar refractivity (Wildman–Crippen MR) is 79.1 cm³/mol. The zero-order chi connectivity index (χ0) is 14.2. The maximum atomic E-state index is 11.5. The molecular weight excluding hydrogens is 252 g/mol. The van der Waals surface area contributed by atoms with Crippen LogP contribution in [0.25, 0.3) is 0 Å². The minimum atomic E-state index is -0.256. The average Bonchev–Trinajstić information content (AvgIpc) is 2.49. The van der Waals surface area contributed by atoms with Gasteiger partial charge in [0.05, 0.1) is 11.4 Å². The summed E-state index contributed by atoms with van der Waals surface area (Å²) in [5, 5.41) is 11.8. The molecule has 0 aliphatic carbocycles. The van der Waals surface area contributed by atoms with Gasteiger partial charge in [-0.3, -0.25) is 10.2 Å². The number of carbonyl (C=O) groups is 1. The molecule has 5 nitrogen and oxygen atoms in total. The monoisotopic (exact) mass is 266 g/mol. The zero-order valence-electron chi connectivity index (χ0n) is 11.0. The summed E-state index contributed by atoms with van der Waals surface area (Å²) in [4.78, 5) is 11.5. The number of para-hydroxylation sites is 1. The van der Waals surface area contributed by atoms with Gasteiger partial charge in [0, 0.05) is 6.92 Å². The van der Waals surface area contributed by atoms with Gasteiger partial charge in [-0.05, 0) is 24.3 Å². The fourth-order valence-corrected chi connectivity index (χ4v) is 1.40. The number of hydrogen-bond acceptors (Lipinski definition) is 4. The van der Waals surface area contributed by atoms with E-state index in [0.29, 0.717) is 5.69 Å². The highest BCUT2D eigenvalue weighted by atomic mass is 16.1. The molecule has 0 saturated carbocycles. The van der Waals surface area contributed by atoms with E-state index in [9.17, 15) is 4.79 Å². The third-order valence-electron chi connectivity index (χ3n) is 2.40. The lowest BCUT2D eigenvalue weighted by Gasteiger charge is -2.00. The van der Waals surface area contributed by atoms with E-state index >= 15 is 0 Å². The third kappa shape index (κ3) is 4.13. The summed E-state index contributed by atoms with van der Waals surface area (Å²) in [5.74, 6) is -0.231. The molecule has 0 radical (unpaired) electrons. The first-order valence-electron chi connectivity index (χ1n) is 6.12. The quantitative estimate of drug-likeness (QED) is 0.396. The average molecular weight is 266 g/mol. The lowest BCUT2D eigenvalue weighted by Crippen LogP contribution is -2.08. The minimum Gasteiger partial charge on any atom is -0.291 e. The lowest BCUT2D eigenvalue weighted by atomic mass is 10.3. The van der Waals surface area contributed by atoms with E-state index in [4.69, 9.17) is 0 Å². The van der Waals surface area contributed by atoms with E-state index in [1.165, 1.54) is 6.92 Å². The second-order valence-electron chi connectivity index (χ2n) is 4.00. The van der Waals surface area contributed by atoms with Crippen molar-refractivity contribution < 1.29 is 4.79 Å². The second kappa shape index (κ2) is 6.94. The number of azo groups is 1. The molecule has 0 fully saturated rings. The molecule has 1 N–H and O–H groups in total. The van der Waals surface area contributed by atoms with Crippen molar-refractivity contribution in [2.75, 3.05) is 5.43 Å². The Bertz CT molecular complexity index is 621. The minimum absolute atomic E-state index is 0.0257. The van der Waals surface area contributed by atoms with Crippen molar-refractivity contribution in [2.45, 2.75) is 6.92 Å². The molecule has 0 spiro atoms. The van der Waals surface area contributed by atoms with Gasteiger partial charge >= 0.3 is 0 Å². The van der Waals surface area contributed by atoms with Crippen LogP contribution in [0, 0.1) is 0 Å². The van der Waals surface area contributed by atoms with E-state index in [1.807, 2.05) is 48.5 Å². The van der Waals surface area contributed by atoms with Crippen molar-refractivity contribution in [3.8, 4) is 0 Å². The van der Waals surface area contributed by atoms with Gasteiger partial charge in [0.25, 0.3) is 0 Å². The van der Waals surface area contributed by atoms with Crippen LogP contribution in [-0.2, 0) is 4.79 Å². The molecule has 0 heterocycles.